The maximum Gasteiger partial charge on any atom is 0.305 e. The van der Waals surface area contributed by atoms with Crippen molar-refractivity contribution >= 4 is 11.9 Å². The van der Waals surface area contributed by atoms with Gasteiger partial charge in [0.15, 0.2) is 6.29 Å². The minimum Gasteiger partial charge on any atom is -0.466 e. The Morgan fingerprint density at radius 3 is 1.29 bits per heavy atom. The smallest absolute Gasteiger partial charge is 0.305 e. The molecule has 11 heteroatoms. The first-order valence-electron chi connectivity index (χ1n) is 33.1. The van der Waals surface area contributed by atoms with Gasteiger partial charge in [0.1, 0.15) is 24.4 Å². The molecule has 0 aromatic rings. The molecule has 1 aliphatic rings. The SMILES string of the molecule is CCCCCCCCCCC/C=C/CC/C=C/C(O)C(COC1OC(CO)C(O)C(O)C1O)NC(=O)CCCCCCCCCCCCCCCCCCCCCCCCCOC(=O)CCCCCCCCCCCCC. The Hall–Kier alpha value is -1.86. The van der Waals surface area contributed by atoms with E-state index < -0.39 is 49.5 Å². The third-order valence-electron chi connectivity index (χ3n) is 15.8. The van der Waals surface area contributed by atoms with E-state index in [4.69, 9.17) is 14.2 Å². The molecule has 7 unspecified atom stereocenters. The van der Waals surface area contributed by atoms with Crippen molar-refractivity contribution in [2.75, 3.05) is 19.8 Å². The minimum atomic E-state index is -1.58. The zero-order chi connectivity index (χ0) is 55.9. The van der Waals surface area contributed by atoms with E-state index in [1.807, 2.05) is 6.08 Å². The van der Waals surface area contributed by atoms with E-state index in [1.54, 1.807) is 6.08 Å². The molecule has 1 amide bonds. The van der Waals surface area contributed by atoms with Gasteiger partial charge in [-0.2, -0.15) is 0 Å². The second-order valence-corrected chi connectivity index (χ2v) is 23.2. The Balaban J connectivity index is 2.05. The molecule has 1 fully saturated rings. The van der Waals surface area contributed by atoms with Gasteiger partial charge in [-0.15, -0.1) is 0 Å². The number of allylic oxidation sites excluding steroid dienone is 3. The summed E-state index contributed by atoms with van der Waals surface area (Å²) in [5.41, 5.74) is 0. The van der Waals surface area contributed by atoms with Crippen molar-refractivity contribution < 1.29 is 49.3 Å². The van der Waals surface area contributed by atoms with Gasteiger partial charge in [0.2, 0.25) is 5.91 Å². The normalized spacial score (nSPS) is 18.7. The highest BCUT2D eigenvalue weighted by Crippen LogP contribution is 2.23. The van der Waals surface area contributed by atoms with Crippen molar-refractivity contribution in [2.45, 2.75) is 365 Å². The summed E-state index contributed by atoms with van der Waals surface area (Å²) >= 11 is 0. The summed E-state index contributed by atoms with van der Waals surface area (Å²) in [6.07, 6.45) is 58.5. The molecule has 0 saturated carbocycles. The van der Waals surface area contributed by atoms with Crippen LogP contribution >= 0.6 is 0 Å². The van der Waals surface area contributed by atoms with Crippen LogP contribution in [0.2, 0.25) is 0 Å². The van der Waals surface area contributed by atoms with Gasteiger partial charge < -0.3 is 45.1 Å². The number of amides is 1. The molecule has 6 N–H and O–H groups in total. The predicted molar refractivity (Wildman–Crippen MR) is 320 cm³/mol. The third kappa shape index (κ3) is 45.4. The number of esters is 1. The topological polar surface area (TPSA) is 175 Å². The number of aliphatic hydroxyl groups is 5. The lowest BCUT2D eigenvalue weighted by Gasteiger charge is -2.40. The molecule has 0 aromatic carbocycles. The van der Waals surface area contributed by atoms with Gasteiger partial charge in [0.05, 0.1) is 32.0 Å². The van der Waals surface area contributed by atoms with E-state index in [9.17, 15) is 35.1 Å². The summed E-state index contributed by atoms with van der Waals surface area (Å²) in [5, 5.41) is 54.5. The number of rotatable bonds is 58. The van der Waals surface area contributed by atoms with E-state index in [2.05, 4.69) is 31.3 Å². The molecule has 1 saturated heterocycles. The summed E-state index contributed by atoms with van der Waals surface area (Å²) < 4.78 is 16.7. The third-order valence-corrected chi connectivity index (χ3v) is 15.8. The molecule has 11 nitrogen and oxygen atoms in total. The lowest BCUT2D eigenvalue weighted by atomic mass is 9.99. The zero-order valence-electron chi connectivity index (χ0n) is 50.2. The number of unbranched alkanes of at least 4 members (excludes halogenated alkanes) is 42. The second kappa shape index (κ2) is 56.0. The Morgan fingerprint density at radius 1 is 0.468 bits per heavy atom. The average molecular weight is 1090 g/mol. The first kappa shape index (κ1) is 73.2. The molecule has 0 bridgehead atoms. The van der Waals surface area contributed by atoms with Gasteiger partial charge in [0, 0.05) is 12.8 Å². The Morgan fingerprint density at radius 2 is 0.844 bits per heavy atom. The van der Waals surface area contributed by atoms with Gasteiger partial charge in [-0.05, 0) is 44.9 Å². The van der Waals surface area contributed by atoms with Crippen LogP contribution in [0.5, 0.6) is 0 Å². The molecule has 77 heavy (non-hydrogen) atoms. The molecule has 1 heterocycles. The summed E-state index contributed by atoms with van der Waals surface area (Å²) in [4.78, 5) is 25.1. The van der Waals surface area contributed by atoms with Crippen LogP contribution in [0.3, 0.4) is 0 Å². The van der Waals surface area contributed by atoms with Crippen molar-refractivity contribution in [3.63, 3.8) is 0 Å². The number of hydrogen-bond acceptors (Lipinski definition) is 10. The van der Waals surface area contributed by atoms with Crippen molar-refractivity contribution in [3.8, 4) is 0 Å². The zero-order valence-corrected chi connectivity index (χ0v) is 50.2. The van der Waals surface area contributed by atoms with Crippen LogP contribution < -0.4 is 5.32 Å². The van der Waals surface area contributed by atoms with Crippen LogP contribution in [-0.2, 0) is 23.8 Å². The minimum absolute atomic E-state index is 0.00241. The predicted octanol–water partition coefficient (Wildman–Crippen LogP) is 16.1. The molecule has 0 aliphatic carbocycles. The van der Waals surface area contributed by atoms with Crippen LogP contribution in [0, 0.1) is 0 Å². The lowest BCUT2D eigenvalue weighted by Crippen LogP contribution is -2.60. The molecular weight excluding hydrogens is 967 g/mol. The molecule has 0 radical (unpaired) electrons. The van der Waals surface area contributed by atoms with Gasteiger partial charge in [-0.3, -0.25) is 9.59 Å². The number of nitrogens with one attached hydrogen (secondary N) is 1. The Labute approximate surface area is 473 Å². The fourth-order valence-corrected chi connectivity index (χ4v) is 10.6. The van der Waals surface area contributed by atoms with Crippen molar-refractivity contribution in [1.82, 2.24) is 5.32 Å². The maximum atomic E-state index is 13.1. The van der Waals surface area contributed by atoms with Crippen LogP contribution in [0.15, 0.2) is 24.3 Å². The molecule has 0 spiro atoms. The van der Waals surface area contributed by atoms with Gasteiger partial charge >= 0.3 is 5.97 Å². The number of aliphatic hydroxyl groups excluding tert-OH is 5. The fourth-order valence-electron chi connectivity index (χ4n) is 10.6. The fraction of sp³-hybridized carbons (Fsp3) is 0.909. The largest absolute Gasteiger partial charge is 0.466 e. The van der Waals surface area contributed by atoms with E-state index in [0.717, 1.165) is 57.8 Å². The maximum absolute atomic E-state index is 13.1. The molecular formula is C66H125NO10. The first-order chi connectivity index (χ1) is 37.7. The molecule has 454 valence electrons. The number of carbonyl (C=O) groups is 2. The Bertz CT molecular complexity index is 1330. The lowest BCUT2D eigenvalue weighted by molar-refractivity contribution is -0.302. The van der Waals surface area contributed by atoms with Crippen LogP contribution in [0.25, 0.3) is 0 Å². The standard InChI is InChI=1S/C66H125NO10/c1-3-5-7-9-11-13-15-16-26-29-33-36-40-44-48-52-59(69)58(57-76-66-65(74)64(73)63(72)60(56-68)77-66)67-61(70)53-49-45-41-37-34-30-27-24-22-20-18-17-19-21-23-25-28-31-35-39-43-47-51-55-75-62(71)54-50-46-42-38-32-14-12-10-8-6-4-2/h33,36,48,52,58-60,63-66,68-69,72-74H,3-32,34-35,37-47,49-51,53-57H2,1-2H3,(H,67,70)/b36-33+,52-48+. The van der Waals surface area contributed by atoms with Crippen molar-refractivity contribution in [3.05, 3.63) is 24.3 Å². The van der Waals surface area contributed by atoms with Crippen LogP contribution in [-0.4, -0.2) is 100 Å². The van der Waals surface area contributed by atoms with Crippen molar-refractivity contribution in [1.29, 1.82) is 0 Å². The highest BCUT2D eigenvalue weighted by molar-refractivity contribution is 5.76. The number of carbonyl (C=O) groups excluding carboxylic acids is 2. The summed E-state index contributed by atoms with van der Waals surface area (Å²) in [5.74, 6) is -0.187. The van der Waals surface area contributed by atoms with Crippen LogP contribution in [0.1, 0.15) is 322 Å². The van der Waals surface area contributed by atoms with E-state index in [-0.39, 0.29) is 18.5 Å². The molecule has 1 aliphatic heterocycles. The van der Waals surface area contributed by atoms with Gasteiger partial charge in [0.25, 0.3) is 0 Å². The van der Waals surface area contributed by atoms with Crippen LogP contribution in [0.4, 0.5) is 0 Å². The summed E-state index contributed by atoms with van der Waals surface area (Å²) in [6, 6.07) is -0.827. The number of hydrogen-bond donors (Lipinski definition) is 6. The monoisotopic (exact) mass is 1090 g/mol. The number of ether oxygens (including phenoxy) is 3. The summed E-state index contributed by atoms with van der Waals surface area (Å²) in [6.45, 7) is 4.35. The van der Waals surface area contributed by atoms with Crippen molar-refractivity contribution in [2.24, 2.45) is 0 Å². The quantitative estimate of drug-likeness (QED) is 0.0195. The van der Waals surface area contributed by atoms with E-state index in [1.165, 1.54) is 238 Å². The highest BCUT2D eigenvalue weighted by Gasteiger charge is 2.44. The Kier molecular flexibility index (Phi) is 53.2. The van der Waals surface area contributed by atoms with Gasteiger partial charge in [-0.1, -0.05) is 289 Å². The summed E-state index contributed by atoms with van der Waals surface area (Å²) in [7, 11) is 0. The molecule has 7 atom stereocenters. The van der Waals surface area contributed by atoms with E-state index in [0.29, 0.717) is 19.4 Å². The molecule has 1 rings (SSSR count). The highest BCUT2D eigenvalue weighted by atomic mass is 16.7. The molecule has 0 aromatic heterocycles. The first-order valence-corrected chi connectivity index (χ1v) is 33.1. The van der Waals surface area contributed by atoms with E-state index >= 15 is 0 Å². The second-order valence-electron chi connectivity index (χ2n) is 23.2. The average Bonchev–Trinajstić information content (AvgIpc) is 3.43. The van der Waals surface area contributed by atoms with Gasteiger partial charge in [-0.25, -0.2) is 0 Å².